The minimum Gasteiger partial charge on any atom is -0.487 e. The van der Waals surface area contributed by atoms with Gasteiger partial charge in [0, 0.05) is 24.1 Å². The van der Waals surface area contributed by atoms with Gasteiger partial charge < -0.3 is 10.1 Å². The first-order chi connectivity index (χ1) is 9.11. The highest BCUT2D eigenvalue weighted by Crippen LogP contribution is 2.26. The van der Waals surface area contributed by atoms with E-state index in [2.05, 4.69) is 5.32 Å². The summed E-state index contributed by atoms with van der Waals surface area (Å²) in [5.74, 6) is -7.07. The third kappa shape index (κ3) is 4.67. The summed E-state index contributed by atoms with van der Waals surface area (Å²) in [5, 5.41) is 3.19. The van der Waals surface area contributed by atoms with Crippen LogP contribution in [-0.4, -0.2) is 18.7 Å². The molecule has 0 aliphatic rings. The SMILES string of the molecule is CC(CNC(C)(C)C)COc1c(F)c(F)cc(F)c1F. The predicted octanol–water partition coefficient (Wildman–Crippen LogP) is 3.65. The molecule has 0 saturated heterocycles. The van der Waals surface area contributed by atoms with Crippen LogP contribution in [0.5, 0.6) is 5.75 Å². The Morgan fingerprint density at radius 1 is 1.10 bits per heavy atom. The van der Waals surface area contributed by atoms with Gasteiger partial charge in [-0.25, -0.2) is 8.78 Å². The van der Waals surface area contributed by atoms with Crippen molar-refractivity contribution >= 4 is 0 Å². The van der Waals surface area contributed by atoms with Gasteiger partial charge in [-0.2, -0.15) is 8.78 Å². The first kappa shape index (κ1) is 16.8. The predicted molar refractivity (Wildman–Crippen MR) is 68.7 cm³/mol. The Bertz CT molecular complexity index is 445. The fourth-order valence-corrected chi connectivity index (χ4v) is 1.44. The number of hydrogen-bond acceptors (Lipinski definition) is 2. The molecule has 0 radical (unpaired) electrons. The maximum atomic E-state index is 13.3. The molecular weight excluding hydrogens is 274 g/mol. The first-order valence-corrected chi connectivity index (χ1v) is 6.32. The lowest BCUT2D eigenvalue weighted by atomic mass is 10.1. The lowest BCUT2D eigenvalue weighted by Crippen LogP contribution is -2.39. The summed E-state index contributed by atoms with van der Waals surface area (Å²) in [6, 6.07) is 0.155. The van der Waals surface area contributed by atoms with E-state index < -0.39 is 29.0 Å². The zero-order valence-electron chi connectivity index (χ0n) is 12.0. The third-order valence-electron chi connectivity index (χ3n) is 2.56. The molecule has 1 N–H and O–H groups in total. The number of rotatable bonds is 5. The molecule has 1 atom stereocenters. The molecule has 1 aromatic carbocycles. The van der Waals surface area contributed by atoms with Crippen molar-refractivity contribution in [2.75, 3.05) is 13.2 Å². The Kier molecular flexibility index (Phi) is 5.39. The summed E-state index contributed by atoms with van der Waals surface area (Å²) < 4.78 is 57.5. The van der Waals surface area contributed by atoms with Gasteiger partial charge in [0.2, 0.25) is 11.6 Å². The Labute approximate surface area is 116 Å². The highest BCUT2D eigenvalue weighted by Gasteiger charge is 2.21. The van der Waals surface area contributed by atoms with E-state index in [0.29, 0.717) is 6.54 Å². The number of benzene rings is 1. The van der Waals surface area contributed by atoms with Crippen molar-refractivity contribution in [2.24, 2.45) is 5.92 Å². The lowest BCUT2D eigenvalue weighted by molar-refractivity contribution is 0.220. The minimum absolute atomic E-state index is 0.0557. The average molecular weight is 293 g/mol. The van der Waals surface area contributed by atoms with Crippen molar-refractivity contribution in [2.45, 2.75) is 33.2 Å². The maximum Gasteiger partial charge on any atom is 0.203 e. The zero-order valence-corrected chi connectivity index (χ0v) is 12.0. The van der Waals surface area contributed by atoms with Crippen LogP contribution in [0.3, 0.4) is 0 Å². The van der Waals surface area contributed by atoms with Gasteiger partial charge in [-0.05, 0) is 20.8 Å². The number of nitrogens with one attached hydrogen (secondary N) is 1. The van der Waals surface area contributed by atoms with Gasteiger partial charge in [0.25, 0.3) is 0 Å². The molecule has 114 valence electrons. The fraction of sp³-hybridized carbons (Fsp3) is 0.571. The van der Waals surface area contributed by atoms with Crippen LogP contribution >= 0.6 is 0 Å². The second-order valence-corrected chi connectivity index (χ2v) is 5.84. The molecule has 1 rings (SSSR count). The van der Waals surface area contributed by atoms with Crippen molar-refractivity contribution in [1.82, 2.24) is 5.32 Å². The summed E-state index contributed by atoms with van der Waals surface area (Å²) in [5.41, 5.74) is -0.101. The van der Waals surface area contributed by atoms with Gasteiger partial charge >= 0.3 is 0 Å². The van der Waals surface area contributed by atoms with Crippen LogP contribution in [0.25, 0.3) is 0 Å². The van der Waals surface area contributed by atoms with Crippen LogP contribution in [0.15, 0.2) is 6.07 Å². The molecule has 2 nitrogen and oxygen atoms in total. The van der Waals surface area contributed by atoms with Gasteiger partial charge in [-0.3, -0.25) is 0 Å². The highest BCUT2D eigenvalue weighted by atomic mass is 19.2. The topological polar surface area (TPSA) is 21.3 Å². The van der Waals surface area contributed by atoms with E-state index in [4.69, 9.17) is 4.74 Å². The fourth-order valence-electron chi connectivity index (χ4n) is 1.44. The highest BCUT2D eigenvalue weighted by molar-refractivity contribution is 5.28. The molecule has 1 unspecified atom stereocenters. The van der Waals surface area contributed by atoms with Crippen LogP contribution in [0.4, 0.5) is 17.6 Å². The van der Waals surface area contributed by atoms with Crippen molar-refractivity contribution in [3.8, 4) is 5.75 Å². The smallest absolute Gasteiger partial charge is 0.203 e. The van der Waals surface area contributed by atoms with Gasteiger partial charge in [-0.15, -0.1) is 0 Å². The van der Waals surface area contributed by atoms with E-state index >= 15 is 0 Å². The Hall–Kier alpha value is -1.30. The van der Waals surface area contributed by atoms with Crippen LogP contribution in [0, 0.1) is 29.2 Å². The van der Waals surface area contributed by atoms with Crippen LogP contribution in [-0.2, 0) is 0 Å². The van der Waals surface area contributed by atoms with Gasteiger partial charge in [0.1, 0.15) is 0 Å². The molecule has 0 heterocycles. The normalized spacial score (nSPS) is 13.4. The Morgan fingerprint density at radius 3 is 2.05 bits per heavy atom. The molecule has 0 aliphatic heterocycles. The Morgan fingerprint density at radius 2 is 1.60 bits per heavy atom. The molecule has 0 bridgehead atoms. The molecule has 0 saturated carbocycles. The van der Waals surface area contributed by atoms with Crippen LogP contribution < -0.4 is 10.1 Å². The van der Waals surface area contributed by atoms with E-state index in [1.54, 1.807) is 6.92 Å². The molecular formula is C14H19F4NO. The molecule has 0 aromatic heterocycles. The molecule has 0 aliphatic carbocycles. The molecule has 1 aromatic rings. The summed E-state index contributed by atoms with van der Waals surface area (Å²) in [6.07, 6.45) is 0. The second kappa shape index (κ2) is 6.43. The zero-order chi connectivity index (χ0) is 15.5. The van der Waals surface area contributed by atoms with Gasteiger partial charge in [0.05, 0.1) is 6.61 Å². The minimum atomic E-state index is -1.51. The van der Waals surface area contributed by atoms with E-state index in [1.165, 1.54) is 0 Å². The number of ether oxygens (including phenoxy) is 1. The largest absolute Gasteiger partial charge is 0.487 e. The molecule has 0 fully saturated rings. The van der Waals surface area contributed by atoms with Gasteiger partial charge in [0.15, 0.2) is 17.4 Å². The van der Waals surface area contributed by atoms with E-state index in [0.717, 1.165) is 0 Å². The summed E-state index contributed by atoms with van der Waals surface area (Å²) >= 11 is 0. The lowest BCUT2D eigenvalue weighted by Gasteiger charge is -2.23. The maximum absolute atomic E-state index is 13.3. The molecule has 20 heavy (non-hydrogen) atoms. The van der Waals surface area contributed by atoms with E-state index in [1.807, 2.05) is 20.8 Å². The van der Waals surface area contributed by atoms with Crippen molar-refractivity contribution in [3.05, 3.63) is 29.3 Å². The third-order valence-corrected chi connectivity index (χ3v) is 2.56. The van der Waals surface area contributed by atoms with Crippen molar-refractivity contribution in [1.29, 1.82) is 0 Å². The van der Waals surface area contributed by atoms with Gasteiger partial charge in [-0.1, -0.05) is 6.92 Å². The average Bonchev–Trinajstić information content (AvgIpc) is 2.33. The second-order valence-electron chi connectivity index (χ2n) is 5.84. The van der Waals surface area contributed by atoms with Crippen molar-refractivity contribution < 1.29 is 22.3 Å². The quantitative estimate of drug-likeness (QED) is 0.661. The van der Waals surface area contributed by atoms with E-state index in [-0.39, 0.29) is 24.1 Å². The molecule has 6 heteroatoms. The number of halogens is 4. The monoisotopic (exact) mass is 293 g/mol. The molecule has 0 spiro atoms. The molecule has 0 amide bonds. The summed E-state index contributed by atoms with van der Waals surface area (Å²) in [6.45, 7) is 8.21. The van der Waals surface area contributed by atoms with E-state index in [9.17, 15) is 17.6 Å². The summed E-state index contributed by atoms with van der Waals surface area (Å²) in [4.78, 5) is 0. The van der Waals surface area contributed by atoms with Crippen LogP contribution in [0.1, 0.15) is 27.7 Å². The summed E-state index contributed by atoms with van der Waals surface area (Å²) in [7, 11) is 0. The van der Waals surface area contributed by atoms with Crippen molar-refractivity contribution in [3.63, 3.8) is 0 Å². The standard InChI is InChI=1S/C14H19F4NO/c1-8(6-19-14(2,3)4)7-20-13-11(17)9(15)5-10(16)12(13)18/h5,8,19H,6-7H2,1-4H3. The first-order valence-electron chi connectivity index (χ1n) is 6.32. The van der Waals surface area contributed by atoms with Crippen LogP contribution in [0.2, 0.25) is 0 Å². The number of hydrogen-bond donors (Lipinski definition) is 1. The Balaban J connectivity index is 2.66.